The summed E-state index contributed by atoms with van der Waals surface area (Å²) >= 11 is 0. The SMILES string of the molecule is Cc1cc(-n2cccc2)c(C)c2c1[nH]c1ccc(F)cc12. The zero-order chi connectivity index (χ0) is 14.6. The molecule has 0 unspecified atom stereocenters. The molecule has 0 saturated carbocycles. The molecule has 4 aromatic rings. The van der Waals surface area contributed by atoms with E-state index in [4.69, 9.17) is 0 Å². The number of aromatic amines is 1. The molecule has 3 heteroatoms. The van der Waals surface area contributed by atoms with Crippen LogP contribution in [0.15, 0.2) is 48.8 Å². The zero-order valence-corrected chi connectivity index (χ0v) is 11.9. The Hall–Kier alpha value is -2.55. The van der Waals surface area contributed by atoms with E-state index in [2.05, 4.69) is 29.5 Å². The van der Waals surface area contributed by atoms with Gasteiger partial charge in [0, 0.05) is 39.9 Å². The average molecular weight is 278 g/mol. The lowest BCUT2D eigenvalue weighted by Gasteiger charge is -2.11. The number of halogens is 1. The third-order valence-electron chi connectivity index (χ3n) is 4.15. The van der Waals surface area contributed by atoms with E-state index in [1.165, 1.54) is 6.07 Å². The largest absolute Gasteiger partial charge is 0.354 e. The Morgan fingerprint density at radius 2 is 1.81 bits per heavy atom. The van der Waals surface area contributed by atoms with Crippen molar-refractivity contribution in [3.8, 4) is 5.69 Å². The highest BCUT2D eigenvalue weighted by Gasteiger charge is 2.13. The topological polar surface area (TPSA) is 20.7 Å². The molecule has 0 fully saturated rings. The molecule has 0 aliphatic carbocycles. The van der Waals surface area contributed by atoms with Crippen molar-refractivity contribution < 1.29 is 4.39 Å². The molecule has 0 atom stereocenters. The molecular weight excluding hydrogens is 263 g/mol. The number of aryl methyl sites for hydroxylation is 2. The summed E-state index contributed by atoms with van der Waals surface area (Å²) in [6.45, 7) is 4.18. The van der Waals surface area contributed by atoms with Crippen LogP contribution in [0.4, 0.5) is 4.39 Å². The first-order valence-electron chi connectivity index (χ1n) is 6.99. The molecule has 2 aromatic heterocycles. The van der Waals surface area contributed by atoms with Gasteiger partial charge in [-0.15, -0.1) is 0 Å². The van der Waals surface area contributed by atoms with Gasteiger partial charge in [-0.05, 0) is 61.4 Å². The molecule has 2 aromatic carbocycles. The molecule has 0 bridgehead atoms. The normalized spacial score (nSPS) is 11.6. The second-order valence-electron chi connectivity index (χ2n) is 5.49. The first-order valence-corrected chi connectivity index (χ1v) is 6.99. The van der Waals surface area contributed by atoms with Gasteiger partial charge in [-0.25, -0.2) is 4.39 Å². The van der Waals surface area contributed by atoms with E-state index < -0.39 is 0 Å². The Morgan fingerprint density at radius 3 is 2.57 bits per heavy atom. The summed E-state index contributed by atoms with van der Waals surface area (Å²) in [5, 5.41) is 2.05. The van der Waals surface area contributed by atoms with E-state index in [0.717, 1.165) is 38.6 Å². The number of H-pyrrole nitrogens is 1. The molecule has 0 spiro atoms. The maximum atomic E-state index is 13.6. The maximum absolute atomic E-state index is 13.6. The third kappa shape index (κ3) is 1.70. The fourth-order valence-corrected chi connectivity index (χ4v) is 3.13. The molecule has 21 heavy (non-hydrogen) atoms. The van der Waals surface area contributed by atoms with Gasteiger partial charge in [0.05, 0.1) is 0 Å². The monoisotopic (exact) mass is 278 g/mol. The molecule has 0 aliphatic rings. The van der Waals surface area contributed by atoms with E-state index >= 15 is 0 Å². The molecule has 2 heterocycles. The van der Waals surface area contributed by atoms with Crippen LogP contribution in [0.25, 0.3) is 27.5 Å². The van der Waals surface area contributed by atoms with E-state index in [1.807, 2.05) is 24.5 Å². The number of rotatable bonds is 1. The van der Waals surface area contributed by atoms with Gasteiger partial charge in [0.25, 0.3) is 0 Å². The number of hydrogen-bond acceptors (Lipinski definition) is 0. The van der Waals surface area contributed by atoms with Crippen LogP contribution in [-0.2, 0) is 0 Å². The minimum absolute atomic E-state index is 0.202. The summed E-state index contributed by atoms with van der Waals surface area (Å²) in [6.07, 6.45) is 4.06. The van der Waals surface area contributed by atoms with Crippen LogP contribution in [-0.4, -0.2) is 9.55 Å². The first kappa shape index (κ1) is 12.2. The second-order valence-corrected chi connectivity index (χ2v) is 5.49. The summed E-state index contributed by atoms with van der Waals surface area (Å²) in [5.74, 6) is -0.202. The van der Waals surface area contributed by atoms with Gasteiger partial charge < -0.3 is 9.55 Å². The lowest BCUT2D eigenvalue weighted by molar-refractivity contribution is 0.630. The van der Waals surface area contributed by atoms with Gasteiger partial charge in [-0.2, -0.15) is 0 Å². The van der Waals surface area contributed by atoms with Crippen LogP contribution in [0.3, 0.4) is 0 Å². The Balaban J connectivity index is 2.19. The second kappa shape index (κ2) is 4.22. The number of nitrogens with zero attached hydrogens (tertiary/aromatic N) is 1. The Labute approximate surface area is 121 Å². The molecular formula is C18H15FN2. The van der Waals surface area contributed by atoms with Gasteiger partial charge in [0.2, 0.25) is 0 Å². The predicted molar refractivity (Wildman–Crippen MR) is 84.6 cm³/mol. The fourth-order valence-electron chi connectivity index (χ4n) is 3.13. The van der Waals surface area contributed by atoms with Gasteiger partial charge >= 0.3 is 0 Å². The van der Waals surface area contributed by atoms with Crippen LogP contribution in [0.2, 0.25) is 0 Å². The highest BCUT2D eigenvalue weighted by molar-refractivity contribution is 6.10. The van der Waals surface area contributed by atoms with Crippen molar-refractivity contribution in [2.75, 3.05) is 0 Å². The molecule has 0 radical (unpaired) electrons. The zero-order valence-electron chi connectivity index (χ0n) is 11.9. The Kier molecular flexibility index (Phi) is 2.45. The van der Waals surface area contributed by atoms with Crippen molar-refractivity contribution in [2.24, 2.45) is 0 Å². The van der Waals surface area contributed by atoms with E-state index in [-0.39, 0.29) is 5.82 Å². The summed E-state index contributed by atoms with van der Waals surface area (Å²) in [5.41, 5.74) is 5.51. The number of benzene rings is 2. The van der Waals surface area contributed by atoms with Crippen LogP contribution in [0.1, 0.15) is 11.1 Å². The standard InChI is InChI=1S/C18H15FN2/c1-11-9-16(21-7-3-4-8-21)12(2)17-14-10-13(19)5-6-15(14)20-18(11)17/h3-10,20H,1-2H3. The van der Waals surface area contributed by atoms with Crippen molar-refractivity contribution >= 4 is 21.8 Å². The number of fused-ring (bicyclic) bond motifs is 3. The van der Waals surface area contributed by atoms with Gasteiger partial charge in [-0.3, -0.25) is 0 Å². The lowest BCUT2D eigenvalue weighted by Crippen LogP contribution is -1.95. The molecule has 4 rings (SSSR count). The number of hydrogen-bond donors (Lipinski definition) is 1. The summed E-state index contributed by atoms with van der Waals surface area (Å²) in [4.78, 5) is 3.41. The van der Waals surface area contributed by atoms with Crippen LogP contribution < -0.4 is 0 Å². The van der Waals surface area contributed by atoms with E-state index in [1.54, 1.807) is 12.1 Å². The van der Waals surface area contributed by atoms with E-state index in [0.29, 0.717) is 0 Å². The van der Waals surface area contributed by atoms with Crippen molar-refractivity contribution in [2.45, 2.75) is 13.8 Å². The average Bonchev–Trinajstić information content (AvgIpc) is 3.09. The molecule has 2 nitrogen and oxygen atoms in total. The first-order chi connectivity index (χ1) is 10.1. The van der Waals surface area contributed by atoms with Crippen molar-refractivity contribution in [1.82, 2.24) is 9.55 Å². The third-order valence-corrected chi connectivity index (χ3v) is 4.15. The highest BCUT2D eigenvalue weighted by Crippen LogP contribution is 2.34. The smallest absolute Gasteiger partial charge is 0.123 e. The highest BCUT2D eigenvalue weighted by atomic mass is 19.1. The number of aromatic nitrogens is 2. The fraction of sp³-hybridized carbons (Fsp3) is 0.111. The minimum atomic E-state index is -0.202. The van der Waals surface area contributed by atoms with Crippen molar-refractivity contribution in [3.05, 3.63) is 65.7 Å². The Morgan fingerprint density at radius 1 is 1.05 bits per heavy atom. The van der Waals surface area contributed by atoms with Crippen LogP contribution in [0.5, 0.6) is 0 Å². The molecule has 0 saturated heterocycles. The van der Waals surface area contributed by atoms with Crippen molar-refractivity contribution in [3.63, 3.8) is 0 Å². The molecule has 104 valence electrons. The minimum Gasteiger partial charge on any atom is -0.354 e. The maximum Gasteiger partial charge on any atom is 0.123 e. The van der Waals surface area contributed by atoms with Gasteiger partial charge in [0.15, 0.2) is 0 Å². The number of nitrogens with one attached hydrogen (secondary N) is 1. The lowest BCUT2D eigenvalue weighted by atomic mass is 10.0. The van der Waals surface area contributed by atoms with Gasteiger partial charge in [-0.1, -0.05) is 0 Å². The predicted octanol–water partition coefficient (Wildman–Crippen LogP) is 4.87. The molecule has 0 amide bonds. The van der Waals surface area contributed by atoms with E-state index in [9.17, 15) is 4.39 Å². The van der Waals surface area contributed by atoms with Crippen molar-refractivity contribution in [1.29, 1.82) is 0 Å². The van der Waals surface area contributed by atoms with Gasteiger partial charge in [0.1, 0.15) is 5.82 Å². The summed E-state index contributed by atoms with van der Waals surface area (Å²) in [6, 6.07) is 11.1. The molecule has 1 N–H and O–H groups in total. The Bertz CT molecular complexity index is 962. The summed E-state index contributed by atoms with van der Waals surface area (Å²) in [7, 11) is 0. The summed E-state index contributed by atoms with van der Waals surface area (Å²) < 4.78 is 15.7. The molecule has 0 aliphatic heterocycles. The van der Waals surface area contributed by atoms with Crippen LogP contribution >= 0.6 is 0 Å². The van der Waals surface area contributed by atoms with Crippen LogP contribution in [0, 0.1) is 19.7 Å². The quantitative estimate of drug-likeness (QED) is 0.513.